The molecule has 1 saturated heterocycles. The lowest BCUT2D eigenvalue weighted by Gasteiger charge is -2.29. The lowest BCUT2D eigenvalue weighted by Crippen LogP contribution is -2.43. The third-order valence-electron chi connectivity index (χ3n) is 4.15. The number of hydrogen-bond donors (Lipinski definition) is 2. The van der Waals surface area contributed by atoms with Gasteiger partial charge in [-0.2, -0.15) is 13.2 Å². The van der Waals surface area contributed by atoms with Crippen molar-refractivity contribution in [3.05, 3.63) is 35.9 Å². The van der Waals surface area contributed by atoms with E-state index < -0.39 is 12.6 Å². The molecule has 1 aromatic rings. The van der Waals surface area contributed by atoms with Crippen LogP contribution < -0.4 is 10.6 Å². The molecule has 1 heterocycles. The highest BCUT2D eigenvalue weighted by Gasteiger charge is 2.27. The van der Waals surface area contributed by atoms with E-state index >= 15 is 0 Å². The fourth-order valence-corrected chi connectivity index (χ4v) is 2.92. The minimum atomic E-state index is -4.16. The van der Waals surface area contributed by atoms with Crippen molar-refractivity contribution in [3.63, 3.8) is 0 Å². The second-order valence-corrected chi connectivity index (χ2v) is 5.91. The second-order valence-electron chi connectivity index (χ2n) is 5.91. The van der Waals surface area contributed by atoms with Crippen LogP contribution >= 0.6 is 24.0 Å². The molecule has 0 aliphatic carbocycles. The number of hydrogen-bond acceptors (Lipinski definition) is 2. The number of likely N-dealkylation sites (tertiary alicyclic amines) is 1. The van der Waals surface area contributed by atoms with E-state index in [1.165, 1.54) is 18.4 Å². The first kappa shape index (κ1) is 22.0. The van der Waals surface area contributed by atoms with Gasteiger partial charge in [-0.05, 0) is 31.5 Å². The molecular weight excluding hydrogens is 444 g/mol. The summed E-state index contributed by atoms with van der Waals surface area (Å²) in [6, 6.07) is 10.4. The molecule has 1 aliphatic heterocycles. The number of nitrogens with one attached hydrogen (secondary N) is 2. The lowest BCUT2D eigenvalue weighted by molar-refractivity contribution is -0.132. The maximum atomic E-state index is 12.2. The van der Waals surface area contributed by atoms with E-state index in [0.29, 0.717) is 12.5 Å². The zero-order valence-corrected chi connectivity index (χ0v) is 16.7. The average Bonchev–Trinajstić information content (AvgIpc) is 3.07. The highest BCUT2D eigenvalue weighted by molar-refractivity contribution is 14.0. The zero-order chi connectivity index (χ0) is 17.4. The van der Waals surface area contributed by atoms with Gasteiger partial charge >= 0.3 is 6.18 Å². The predicted molar refractivity (Wildman–Crippen MR) is 105 cm³/mol. The molecule has 0 radical (unpaired) electrons. The molecule has 0 spiro atoms. The van der Waals surface area contributed by atoms with Crippen molar-refractivity contribution in [3.8, 4) is 0 Å². The summed E-state index contributed by atoms with van der Waals surface area (Å²) in [6.45, 7) is 2.52. The first-order chi connectivity index (χ1) is 11.5. The van der Waals surface area contributed by atoms with Crippen LogP contribution in [-0.4, -0.2) is 50.3 Å². The van der Waals surface area contributed by atoms with E-state index in [1.54, 1.807) is 7.05 Å². The molecule has 0 aromatic heterocycles. The van der Waals surface area contributed by atoms with Gasteiger partial charge in [-0.1, -0.05) is 30.3 Å². The van der Waals surface area contributed by atoms with Gasteiger partial charge in [-0.15, -0.1) is 24.0 Å². The van der Waals surface area contributed by atoms with E-state index in [9.17, 15) is 13.2 Å². The molecule has 0 saturated carbocycles. The number of halogens is 4. The maximum absolute atomic E-state index is 12.2. The molecule has 1 aromatic carbocycles. The van der Waals surface area contributed by atoms with Crippen molar-refractivity contribution in [2.45, 2.75) is 31.5 Å². The molecule has 1 atom stereocenters. The van der Waals surface area contributed by atoms with Gasteiger partial charge in [0.2, 0.25) is 0 Å². The fourth-order valence-electron chi connectivity index (χ4n) is 2.92. The normalized spacial score (nSPS) is 17.0. The predicted octanol–water partition coefficient (Wildman–Crippen LogP) is 3.56. The van der Waals surface area contributed by atoms with Crippen LogP contribution in [0.3, 0.4) is 0 Å². The fraction of sp³-hybridized carbons (Fsp3) is 0.588. The van der Waals surface area contributed by atoms with Crippen LogP contribution in [-0.2, 0) is 0 Å². The number of benzene rings is 1. The molecule has 142 valence electrons. The van der Waals surface area contributed by atoms with Crippen molar-refractivity contribution in [2.24, 2.45) is 4.99 Å². The Labute approximate surface area is 164 Å². The third-order valence-corrected chi connectivity index (χ3v) is 4.15. The van der Waals surface area contributed by atoms with Gasteiger partial charge < -0.3 is 10.6 Å². The van der Waals surface area contributed by atoms with Crippen LogP contribution in [0.15, 0.2) is 35.3 Å². The van der Waals surface area contributed by atoms with Crippen LogP contribution in [0, 0.1) is 0 Å². The highest BCUT2D eigenvalue weighted by Crippen LogP contribution is 2.24. The number of alkyl halides is 3. The first-order valence-corrected chi connectivity index (χ1v) is 8.30. The number of aliphatic imine (C=N–C) groups is 1. The van der Waals surface area contributed by atoms with Gasteiger partial charge in [-0.3, -0.25) is 9.89 Å². The SMILES string of the molecule is CN=C(NCCC(F)(F)F)NCC(c1ccccc1)N1CCCC1.I. The topological polar surface area (TPSA) is 39.7 Å². The first-order valence-electron chi connectivity index (χ1n) is 8.30. The van der Waals surface area contributed by atoms with Crippen LogP contribution in [0.5, 0.6) is 0 Å². The van der Waals surface area contributed by atoms with Crippen LogP contribution in [0.1, 0.15) is 30.9 Å². The minimum absolute atomic E-state index is 0. The molecule has 4 nitrogen and oxygen atoms in total. The molecule has 0 bridgehead atoms. The molecule has 1 unspecified atom stereocenters. The summed E-state index contributed by atoms with van der Waals surface area (Å²) in [5.74, 6) is 0.402. The average molecular weight is 470 g/mol. The molecule has 25 heavy (non-hydrogen) atoms. The van der Waals surface area contributed by atoms with E-state index in [4.69, 9.17) is 0 Å². The Bertz CT molecular complexity index is 516. The Morgan fingerprint density at radius 3 is 2.36 bits per heavy atom. The Kier molecular flexibility index (Phi) is 9.55. The van der Waals surface area contributed by atoms with E-state index in [1.807, 2.05) is 18.2 Å². The lowest BCUT2D eigenvalue weighted by atomic mass is 10.1. The summed E-state index contributed by atoms with van der Waals surface area (Å²) in [6.07, 6.45) is -2.67. The quantitative estimate of drug-likeness (QED) is 0.380. The van der Waals surface area contributed by atoms with Gasteiger partial charge in [0.1, 0.15) is 0 Å². The van der Waals surface area contributed by atoms with E-state index in [2.05, 4.69) is 32.7 Å². The summed E-state index contributed by atoms with van der Waals surface area (Å²) in [5.41, 5.74) is 1.21. The summed E-state index contributed by atoms with van der Waals surface area (Å²) in [4.78, 5) is 6.42. The van der Waals surface area contributed by atoms with Gasteiger partial charge in [0.25, 0.3) is 0 Å². The van der Waals surface area contributed by atoms with Crippen molar-refractivity contribution >= 4 is 29.9 Å². The second kappa shape index (κ2) is 10.8. The van der Waals surface area contributed by atoms with Gasteiger partial charge in [0.05, 0.1) is 12.5 Å². The van der Waals surface area contributed by atoms with Crippen molar-refractivity contribution < 1.29 is 13.2 Å². The Morgan fingerprint density at radius 1 is 1.16 bits per heavy atom. The number of nitrogens with zero attached hydrogens (tertiary/aromatic N) is 2. The standard InChI is InChI=1S/C17H25F3N4.HI/c1-21-16(22-10-9-17(18,19)20)23-13-15(24-11-5-6-12-24)14-7-3-2-4-8-14;/h2-4,7-8,15H,5-6,9-13H2,1H3,(H2,21,22,23);1H. The Hall–Kier alpha value is -1.03. The third kappa shape index (κ3) is 7.81. The molecular formula is C17H26F3IN4. The summed E-state index contributed by atoms with van der Waals surface area (Å²) < 4.78 is 36.7. The van der Waals surface area contributed by atoms with E-state index in [-0.39, 0.29) is 36.6 Å². The summed E-state index contributed by atoms with van der Waals surface area (Å²) >= 11 is 0. The molecule has 1 fully saturated rings. The number of guanidine groups is 1. The molecule has 1 aliphatic rings. The van der Waals surface area contributed by atoms with Gasteiger partial charge in [0, 0.05) is 20.1 Å². The Balaban J connectivity index is 0.00000312. The zero-order valence-electron chi connectivity index (χ0n) is 14.4. The summed E-state index contributed by atoms with van der Waals surface area (Å²) in [5, 5.41) is 5.88. The van der Waals surface area contributed by atoms with Crippen LogP contribution in [0.4, 0.5) is 13.2 Å². The summed E-state index contributed by atoms with van der Waals surface area (Å²) in [7, 11) is 1.57. The monoisotopic (exact) mass is 470 g/mol. The van der Waals surface area contributed by atoms with E-state index in [0.717, 1.165) is 13.1 Å². The minimum Gasteiger partial charge on any atom is -0.356 e. The van der Waals surface area contributed by atoms with Gasteiger partial charge in [0.15, 0.2) is 5.96 Å². The highest BCUT2D eigenvalue weighted by atomic mass is 127. The van der Waals surface area contributed by atoms with Crippen molar-refractivity contribution in [1.29, 1.82) is 0 Å². The maximum Gasteiger partial charge on any atom is 0.390 e. The number of rotatable bonds is 6. The van der Waals surface area contributed by atoms with Crippen LogP contribution in [0.25, 0.3) is 0 Å². The molecule has 8 heteroatoms. The molecule has 0 amide bonds. The van der Waals surface area contributed by atoms with Crippen molar-refractivity contribution in [2.75, 3.05) is 33.2 Å². The Morgan fingerprint density at radius 2 is 1.80 bits per heavy atom. The smallest absolute Gasteiger partial charge is 0.356 e. The van der Waals surface area contributed by atoms with Crippen LogP contribution in [0.2, 0.25) is 0 Å². The largest absolute Gasteiger partial charge is 0.390 e. The van der Waals surface area contributed by atoms with Crippen molar-refractivity contribution in [1.82, 2.24) is 15.5 Å². The van der Waals surface area contributed by atoms with Gasteiger partial charge in [-0.25, -0.2) is 0 Å². The molecule has 2 N–H and O–H groups in total. The molecule has 2 rings (SSSR count).